The van der Waals surface area contributed by atoms with E-state index in [1.54, 1.807) is 17.5 Å². The summed E-state index contributed by atoms with van der Waals surface area (Å²) < 4.78 is 7.20. The van der Waals surface area contributed by atoms with Gasteiger partial charge in [0.1, 0.15) is 11.8 Å². The largest absolute Gasteiger partial charge is 0.360 e. The zero-order chi connectivity index (χ0) is 16.4. The fourth-order valence-corrected chi connectivity index (χ4v) is 3.93. The van der Waals surface area contributed by atoms with Crippen molar-refractivity contribution in [2.45, 2.75) is 31.7 Å². The molecule has 1 atom stereocenters. The maximum Gasteiger partial charge on any atom is 0.273 e. The predicted molar refractivity (Wildman–Crippen MR) is 90.2 cm³/mol. The van der Waals surface area contributed by atoms with Crippen molar-refractivity contribution in [1.82, 2.24) is 20.3 Å². The molecule has 0 spiro atoms. The van der Waals surface area contributed by atoms with Crippen LogP contribution in [0, 0.1) is 0 Å². The number of aryl methyl sites for hydroxylation is 1. The number of carbonyl (C=O) groups is 1. The Labute approximate surface area is 143 Å². The number of aromatic nitrogens is 3. The molecule has 1 amide bonds. The van der Waals surface area contributed by atoms with E-state index in [1.807, 2.05) is 28.4 Å². The maximum absolute atomic E-state index is 12.6. The lowest BCUT2D eigenvalue weighted by atomic mass is 9.96. The first-order chi connectivity index (χ1) is 11.8. The van der Waals surface area contributed by atoms with Gasteiger partial charge in [0.15, 0.2) is 5.69 Å². The summed E-state index contributed by atoms with van der Waals surface area (Å²) in [7, 11) is 0. The van der Waals surface area contributed by atoms with E-state index in [2.05, 4.69) is 21.6 Å². The van der Waals surface area contributed by atoms with E-state index < -0.39 is 0 Å². The van der Waals surface area contributed by atoms with Crippen LogP contribution in [-0.2, 0) is 12.8 Å². The molecule has 3 aromatic rings. The second kappa shape index (κ2) is 6.60. The molecular weight excluding hydrogens is 324 g/mol. The van der Waals surface area contributed by atoms with Gasteiger partial charge in [0.25, 0.3) is 5.91 Å². The minimum atomic E-state index is -0.171. The third-order valence-corrected chi connectivity index (χ3v) is 5.31. The first-order valence-corrected chi connectivity index (χ1v) is 8.99. The Bertz CT molecular complexity index is 774. The van der Waals surface area contributed by atoms with E-state index in [0.29, 0.717) is 12.2 Å². The highest BCUT2D eigenvalue weighted by Gasteiger charge is 2.25. The lowest BCUT2D eigenvalue weighted by Crippen LogP contribution is -2.32. The van der Waals surface area contributed by atoms with E-state index in [0.717, 1.165) is 41.9 Å². The van der Waals surface area contributed by atoms with Gasteiger partial charge in [-0.25, -0.2) is 0 Å². The van der Waals surface area contributed by atoms with E-state index in [1.165, 1.54) is 0 Å². The molecule has 0 unspecified atom stereocenters. The zero-order valence-electron chi connectivity index (χ0n) is 13.1. The summed E-state index contributed by atoms with van der Waals surface area (Å²) >= 11 is 1.65. The molecule has 0 aromatic carbocycles. The van der Waals surface area contributed by atoms with Crippen molar-refractivity contribution in [3.05, 3.63) is 57.9 Å². The van der Waals surface area contributed by atoms with Crippen molar-refractivity contribution < 1.29 is 9.32 Å². The minimum absolute atomic E-state index is 0.0216. The number of hydrogen-bond acceptors (Lipinski definition) is 5. The molecule has 0 saturated heterocycles. The predicted octanol–water partition coefficient (Wildman–Crippen LogP) is 2.83. The number of thiophene rings is 1. The normalized spacial score (nSPS) is 15.0. The standard InChI is InChI=1S/C17H18N4O2S/c22-17(16-12-5-1-2-6-14(12)23-20-16)18-11-13(15-7-3-10-24-15)21-9-4-8-19-21/h3-4,7-10,13H,1-2,5-6,11H2,(H,18,22)/t13-/m0/s1. The highest BCUT2D eigenvalue weighted by molar-refractivity contribution is 7.10. The van der Waals surface area contributed by atoms with Crippen LogP contribution in [0.3, 0.4) is 0 Å². The molecule has 3 aromatic heterocycles. The number of amides is 1. The van der Waals surface area contributed by atoms with Crippen molar-refractivity contribution >= 4 is 17.2 Å². The maximum atomic E-state index is 12.6. The van der Waals surface area contributed by atoms with Crippen LogP contribution < -0.4 is 5.32 Å². The molecule has 0 fully saturated rings. The van der Waals surface area contributed by atoms with Crippen LogP contribution in [0.25, 0.3) is 0 Å². The summed E-state index contributed by atoms with van der Waals surface area (Å²) in [5, 5.41) is 13.3. The van der Waals surface area contributed by atoms with Crippen molar-refractivity contribution in [1.29, 1.82) is 0 Å². The van der Waals surface area contributed by atoms with Crippen LogP contribution in [0.4, 0.5) is 0 Å². The SMILES string of the molecule is O=C(NC[C@@H](c1cccs1)n1cccn1)c1noc2c1CCCC2. The van der Waals surface area contributed by atoms with Gasteiger partial charge in [0.2, 0.25) is 0 Å². The van der Waals surface area contributed by atoms with Crippen LogP contribution in [-0.4, -0.2) is 27.4 Å². The fourth-order valence-electron chi connectivity index (χ4n) is 3.11. The number of fused-ring (bicyclic) bond motifs is 1. The Morgan fingerprint density at radius 1 is 1.38 bits per heavy atom. The smallest absolute Gasteiger partial charge is 0.273 e. The number of nitrogens with one attached hydrogen (secondary N) is 1. The molecule has 7 heteroatoms. The van der Waals surface area contributed by atoms with Gasteiger partial charge in [-0.3, -0.25) is 9.48 Å². The molecule has 0 bridgehead atoms. The monoisotopic (exact) mass is 342 g/mol. The van der Waals surface area contributed by atoms with Gasteiger partial charge >= 0.3 is 0 Å². The van der Waals surface area contributed by atoms with Crippen LogP contribution in [0.15, 0.2) is 40.5 Å². The molecule has 124 valence electrons. The van der Waals surface area contributed by atoms with Gasteiger partial charge in [0, 0.05) is 35.8 Å². The second-order valence-corrected chi connectivity index (χ2v) is 6.85. The number of rotatable bonds is 5. The lowest BCUT2D eigenvalue weighted by Gasteiger charge is -2.17. The average Bonchev–Trinajstić information content (AvgIpc) is 3.36. The molecule has 24 heavy (non-hydrogen) atoms. The minimum Gasteiger partial charge on any atom is -0.360 e. The quantitative estimate of drug-likeness (QED) is 0.774. The molecular formula is C17H18N4O2S. The third kappa shape index (κ3) is 2.87. The van der Waals surface area contributed by atoms with E-state index >= 15 is 0 Å². The van der Waals surface area contributed by atoms with Gasteiger partial charge < -0.3 is 9.84 Å². The topological polar surface area (TPSA) is 73.0 Å². The molecule has 0 radical (unpaired) electrons. The number of carbonyl (C=O) groups excluding carboxylic acids is 1. The first kappa shape index (κ1) is 15.1. The van der Waals surface area contributed by atoms with Gasteiger partial charge in [-0.2, -0.15) is 5.10 Å². The lowest BCUT2D eigenvalue weighted by molar-refractivity contribution is 0.0939. The number of hydrogen-bond donors (Lipinski definition) is 1. The summed E-state index contributed by atoms with van der Waals surface area (Å²) in [6.07, 6.45) is 7.59. The van der Waals surface area contributed by atoms with Gasteiger partial charge in [-0.15, -0.1) is 11.3 Å². The molecule has 0 saturated carbocycles. The van der Waals surface area contributed by atoms with Crippen molar-refractivity contribution in [2.24, 2.45) is 0 Å². The highest BCUT2D eigenvalue weighted by atomic mass is 32.1. The van der Waals surface area contributed by atoms with Crippen molar-refractivity contribution in [3.8, 4) is 0 Å². The number of nitrogens with zero attached hydrogens (tertiary/aromatic N) is 3. The molecule has 1 aliphatic rings. The Morgan fingerprint density at radius 3 is 3.08 bits per heavy atom. The molecule has 3 heterocycles. The summed E-state index contributed by atoms with van der Waals surface area (Å²) in [5.41, 5.74) is 1.42. The highest BCUT2D eigenvalue weighted by Crippen LogP contribution is 2.25. The summed E-state index contributed by atoms with van der Waals surface area (Å²) in [6, 6.07) is 5.93. The molecule has 1 aliphatic carbocycles. The Hall–Kier alpha value is -2.41. The van der Waals surface area contributed by atoms with Crippen LogP contribution in [0.5, 0.6) is 0 Å². The average molecular weight is 342 g/mol. The first-order valence-electron chi connectivity index (χ1n) is 8.11. The van der Waals surface area contributed by atoms with Gasteiger partial charge in [0.05, 0.1) is 0 Å². The van der Waals surface area contributed by atoms with Crippen LogP contribution in [0.1, 0.15) is 45.6 Å². The van der Waals surface area contributed by atoms with Crippen molar-refractivity contribution in [2.75, 3.05) is 6.54 Å². The third-order valence-electron chi connectivity index (χ3n) is 4.34. The van der Waals surface area contributed by atoms with E-state index in [4.69, 9.17) is 4.52 Å². The van der Waals surface area contributed by atoms with Gasteiger partial charge in [-0.05, 0) is 36.8 Å². The Kier molecular flexibility index (Phi) is 4.17. The van der Waals surface area contributed by atoms with E-state index in [-0.39, 0.29) is 11.9 Å². The van der Waals surface area contributed by atoms with Crippen LogP contribution in [0.2, 0.25) is 0 Å². The zero-order valence-corrected chi connectivity index (χ0v) is 14.0. The summed E-state index contributed by atoms with van der Waals surface area (Å²) in [5.74, 6) is 0.698. The summed E-state index contributed by atoms with van der Waals surface area (Å²) in [6.45, 7) is 0.461. The Balaban J connectivity index is 1.50. The Morgan fingerprint density at radius 2 is 2.29 bits per heavy atom. The summed E-state index contributed by atoms with van der Waals surface area (Å²) in [4.78, 5) is 13.7. The molecule has 4 rings (SSSR count). The molecule has 6 nitrogen and oxygen atoms in total. The van der Waals surface area contributed by atoms with Crippen molar-refractivity contribution in [3.63, 3.8) is 0 Å². The second-order valence-electron chi connectivity index (χ2n) is 5.87. The fraction of sp³-hybridized carbons (Fsp3) is 0.353. The van der Waals surface area contributed by atoms with Gasteiger partial charge in [-0.1, -0.05) is 11.2 Å². The van der Waals surface area contributed by atoms with E-state index in [9.17, 15) is 4.79 Å². The molecule has 1 N–H and O–H groups in total. The molecule has 0 aliphatic heterocycles. The van der Waals surface area contributed by atoms with Crippen LogP contribution >= 0.6 is 11.3 Å².